The Morgan fingerprint density at radius 1 is 1.13 bits per heavy atom. The predicted molar refractivity (Wildman–Crippen MR) is 69.4 cm³/mol. The molecule has 1 aliphatic rings. The average Bonchev–Trinajstić information content (AvgIpc) is 2.86. The maximum Gasteiger partial charge on any atom is 0.0944 e. The Hall–Kier alpha value is 0.460. The molecule has 0 saturated carbocycles. The fourth-order valence-electron chi connectivity index (χ4n) is 0.860. The molecule has 0 radical (unpaired) electrons. The highest BCUT2D eigenvalue weighted by atomic mass is 35.5. The summed E-state index contributed by atoms with van der Waals surface area (Å²) in [5.74, 6) is 0.667. The number of halogens is 2. The molecule has 0 bridgehead atoms. The highest BCUT2D eigenvalue weighted by Crippen LogP contribution is 2.08. The Morgan fingerprint density at radius 2 is 1.53 bits per heavy atom. The minimum Gasteiger partial charge on any atom is -0.372 e. The molecule has 0 spiro atoms. The summed E-state index contributed by atoms with van der Waals surface area (Å²) in [4.78, 5) is 4.42. The first-order valence-corrected chi connectivity index (χ1v) is 5.56. The van der Waals surface area contributed by atoms with Gasteiger partial charge in [0.2, 0.25) is 0 Å². The third kappa shape index (κ3) is 17.1. The third-order valence-electron chi connectivity index (χ3n) is 1.79. The molecule has 1 rings (SSSR count). The second-order valence-corrected chi connectivity index (χ2v) is 4.38. The number of nitrogens with zero attached hydrogens (tertiary/aromatic N) is 2. The van der Waals surface area contributed by atoms with Crippen LogP contribution in [0, 0.1) is 0 Å². The van der Waals surface area contributed by atoms with E-state index in [4.69, 9.17) is 16.3 Å². The van der Waals surface area contributed by atoms with Gasteiger partial charge in [0.1, 0.15) is 0 Å². The van der Waals surface area contributed by atoms with Crippen molar-refractivity contribution in [3.05, 3.63) is 0 Å². The van der Waals surface area contributed by atoms with Crippen molar-refractivity contribution >= 4 is 24.0 Å². The lowest BCUT2D eigenvalue weighted by Gasteiger charge is -2.12. The second kappa shape index (κ2) is 11.0. The molecule has 1 fully saturated rings. The zero-order valence-electron chi connectivity index (χ0n) is 10.2. The van der Waals surface area contributed by atoms with Gasteiger partial charge in [0, 0.05) is 0 Å². The summed E-state index contributed by atoms with van der Waals surface area (Å²) in [6.45, 7) is 3.26. The summed E-state index contributed by atoms with van der Waals surface area (Å²) in [5.41, 5.74) is 0. The number of ether oxygens (including phenoxy) is 1. The molecule has 0 amide bonds. The van der Waals surface area contributed by atoms with E-state index in [1.165, 1.54) is 19.5 Å². The van der Waals surface area contributed by atoms with Crippen LogP contribution in [0.1, 0.15) is 6.42 Å². The van der Waals surface area contributed by atoms with E-state index in [0.717, 1.165) is 6.61 Å². The lowest BCUT2D eigenvalue weighted by molar-refractivity contribution is 0.340. The van der Waals surface area contributed by atoms with Crippen LogP contribution >= 0.6 is 24.0 Å². The Morgan fingerprint density at radius 3 is 1.67 bits per heavy atom. The van der Waals surface area contributed by atoms with Crippen LogP contribution in [0.3, 0.4) is 0 Å². The van der Waals surface area contributed by atoms with Crippen molar-refractivity contribution in [2.75, 3.05) is 53.8 Å². The van der Waals surface area contributed by atoms with Gasteiger partial charge in [0.05, 0.1) is 18.6 Å². The van der Waals surface area contributed by atoms with Gasteiger partial charge in [-0.1, -0.05) is 0 Å². The van der Waals surface area contributed by atoms with E-state index in [9.17, 15) is 0 Å². The van der Waals surface area contributed by atoms with Gasteiger partial charge >= 0.3 is 0 Å². The third-order valence-corrected chi connectivity index (χ3v) is 2.13. The van der Waals surface area contributed by atoms with Crippen LogP contribution in [0.2, 0.25) is 0 Å². The molecule has 1 atom stereocenters. The Balaban J connectivity index is 0. The number of hydrogen-bond acceptors (Lipinski definition) is 3. The number of epoxide rings is 1. The molecule has 1 saturated heterocycles. The van der Waals surface area contributed by atoms with E-state index in [1.807, 2.05) is 0 Å². The minimum absolute atomic E-state index is 0. The highest BCUT2D eigenvalue weighted by molar-refractivity contribution is 6.18. The monoisotopic (exact) mass is 258 g/mol. The fraction of sp³-hybridized carbons (Fsp3) is 1.00. The standard InChI is InChI=1S/C7H18N2.C3H5ClO.ClH/c1-8(2)6-5-7-9(3)4;4-1-3-2-5-3;/h5-7H2,1-4H3;3H,1-2H2;1H. The number of hydrogen-bond donors (Lipinski definition) is 0. The van der Waals surface area contributed by atoms with Gasteiger partial charge in [-0.25, -0.2) is 0 Å². The van der Waals surface area contributed by atoms with Gasteiger partial charge in [0.25, 0.3) is 0 Å². The van der Waals surface area contributed by atoms with Crippen LogP contribution in [0.4, 0.5) is 0 Å². The minimum atomic E-state index is 0. The van der Waals surface area contributed by atoms with Crippen molar-refractivity contribution in [3.8, 4) is 0 Å². The lowest BCUT2D eigenvalue weighted by Crippen LogP contribution is -2.20. The summed E-state index contributed by atoms with van der Waals surface area (Å²) in [6.07, 6.45) is 1.66. The van der Waals surface area contributed by atoms with Crippen LogP contribution in [0.5, 0.6) is 0 Å². The van der Waals surface area contributed by atoms with Crippen molar-refractivity contribution in [1.29, 1.82) is 0 Å². The van der Waals surface area contributed by atoms with Gasteiger partial charge in [0.15, 0.2) is 0 Å². The number of rotatable bonds is 5. The first kappa shape index (κ1) is 17.8. The summed E-state index contributed by atoms with van der Waals surface area (Å²) >= 11 is 5.27. The van der Waals surface area contributed by atoms with Gasteiger partial charge in [-0.15, -0.1) is 24.0 Å². The maximum atomic E-state index is 5.27. The molecule has 1 unspecified atom stereocenters. The summed E-state index contributed by atoms with van der Waals surface area (Å²) < 4.78 is 4.73. The van der Waals surface area contributed by atoms with Gasteiger partial charge in [-0.3, -0.25) is 0 Å². The van der Waals surface area contributed by atoms with Crippen LogP contribution in [-0.2, 0) is 4.74 Å². The molecule has 94 valence electrons. The molecule has 0 N–H and O–H groups in total. The quantitative estimate of drug-likeness (QED) is 0.551. The van der Waals surface area contributed by atoms with Crippen LogP contribution < -0.4 is 0 Å². The molecule has 5 heteroatoms. The lowest BCUT2D eigenvalue weighted by atomic mass is 10.4. The Kier molecular flexibility index (Phi) is 13.0. The molecule has 1 heterocycles. The molecular weight excluding hydrogens is 235 g/mol. The molecule has 0 aromatic heterocycles. The molecular formula is C10H24Cl2N2O. The molecule has 15 heavy (non-hydrogen) atoms. The highest BCUT2D eigenvalue weighted by Gasteiger charge is 2.19. The van der Waals surface area contributed by atoms with Crippen LogP contribution in [0.15, 0.2) is 0 Å². The number of alkyl halides is 1. The zero-order valence-corrected chi connectivity index (χ0v) is 11.8. The van der Waals surface area contributed by atoms with Crippen molar-refractivity contribution in [2.24, 2.45) is 0 Å². The van der Waals surface area contributed by atoms with Gasteiger partial charge < -0.3 is 14.5 Å². The van der Waals surface area contributed by atoms with E-state index in [-0.39, 0.29) is 12.4 Å². The molecule has 1 aliphatic heterocycles. The van der Waals surface area contributed by atoms with Crippen LogP contribution in [-0.4, -0.2) is 69.7 Å². The van der Waals surface area contributed by atoms with E-state index < -0.39 is 0 Å². The first-order chi connectivity index (χ1) is 6.56. The largest absolute Gasteiger partial charge is 0.372 e. The second-order valence-electron chi connectivity index (χ2n) is 4.07. The molecule has 0 aromatic rings. The van der Waals surface area contributed by atoms with E-state index in [1.54, 1.807) is 0 Å². The van der Waals surface area contributed by atoms with E-state index >= 15 is 0 Å². The van der Waals surface area contributed by atoms with E-state index in [0.29, 0.717) is 12.0 Å². The first-order valence-electron chi connectivity index (χ1n) is 5.03. The van der Waals surface area contributed by atoms with Crippen molar-refractivity contribution in [1.82, 2.24) is 9.80 Å². The summed E-state index contributed by atoms with van der Waals surface area (Å²) in [6, 6.07) is 0. The van der Waals surface area contributed by atoms with Gasteiger partial charge in [-0.2, -0.15) is 0 Å². The summed E-state index contributed by atoms with van der Waals surface area (Å²) in [7, 11) is 8.43. The normalized spacial score (nSPS) is 18.2. The van der Waals surface area contributed by atoms with Crippen LogP contribution in [0.25, 0.3) is 0 Å². The fourth-order valence-corrected chi connectivity index (χ4v) is 1.04. The smallest absolute Gasteiger partial charge is 0.0944 e. The maximum absolute atomic E-state index is 5.27. The van der Waals surface area contributed by atoms with Crippen molar-refractivity contribution in [2.45, 2.75) is 12.5 Å². The zero-order chi connectivity index (χ0) is 11.0. The Bertz CT molecular complexity index is 123. The average molecular weight is 259 g/mol. The predicted octanol–water partition coefficient (Wildman–Crippen LogP) is 1.55. The van der Waals surface area contributed by atoms with E-state index in [2.05, 4.69) is 38.0 Å². The topological polar surface area (TPSA) is 19.0 Å². The Labute approximate surface area is 105 Å². The SMILES string of the molecule is CN(C)CCCN(C)C.Cl.ClCC1CO1. The molecule has 3 nitrogen and oxygen atoms in total. The molecule has 0 aromatic carbocycles. The van der Waals surface area contributed by atoms with Crippen molar-refractivity contribution in [3.63, 3.8) is 0 Å². The molecule has 0 aliphatic carbocycles. The van der Waals surface area contributed by atoms with Crippen molar-refractivity contribution < 1.29 is 4.74 Å². The summed E-state index contributed by atoms with van der Waals surface area (Å²) in [5, 5.41) is 0. The van der Waals surface area contributed by atoms with Gasteiger partial charge in [-0.05, 0) is 47.7 Å².